The molecule has 0 aliphatic rings. The van der Waals surface area contributed by atoms with Crippen LogP contribution < -0.4 is 10.2 Å². The Hall–Kier alpha value is -3.17. The van der Waals surface area contributed by atoms with Gasteiger partial charge in [-0.25, -0.2) is 0 Å². The molecule has 211 valence electrons. The fourth-order valence-corrected chi connectivity index (χ4v) is 3.33. The Morgan fingerprint density at radius 3 is 1.32 bits per heavy atom. The Kier molecular flexibility index (Phi) is 18.5. The third-order valence-electron chi connectivity index (χ3n) is 4.91. The summed E-state index contributed by atoms with van der Waals surface area (Å²) in [4.78, 5) is 26.7. The molecule has 2 N–H and O–H groups in total. The molecule has 0 fully saturated rings. The molecule has 2 rings (SSSR count). The van der Waals surface area contributed by atoms with E-state index >= 15 is 0 Å². The zero-order valence-corrected chi connectivity index (χ0v) is 24.5. The second kappa shape index (κ2) is 19.0. The molecule has 8 nitrogen and oxygen atoms in total. The van der Waals surface area contributed by atoms with Crippen LogP contribution in [-0.2, 0) is 26.4 Å². The van der Waals surface area contributed by atoms with E-state index in [1.54, 1.807) is 12.4 Å². The third kappa shape index (κ3) is 15.2. The van der Waals surface area contributed by atoms with Gasteiger partial charge in [-0.2, -0.15) is 0 Å². The molecular weight excluding hydrogens is 531 g/mol. The number of rotatable bonds is 8. The van der Waals surface area contributed by atoms with Gasteiger partial charge in [0.2, 0.25) is 0 Å². The predicted octanol–water partition coefficient (Wildman–Crippen LogP) is 3.40. The second-order valence-electron chi connectivity index (χ2n) is 9.30. The van der Waals surface area contributed by atoms with E-state index in [0.29, 0.717) is 24.6 Å². The largest absolute Gasteiger partial charge is 2.00 e. The van der Waals surface area contributed by atoms with Crippen LogP contribution >= 0.6 is 0 Å². The van der Waals surface area contributed by atoms with E-state index in [1.165, 1.54) is 0 Å². The van der Waals surface area contributed by atoms with E-state index in [0.717, 1.165) is 53.6 Å². The van der Waals surface area contributed by atoms with Crippen molar-refractivity contribution in [2.24, 2.45) is 9.98 Å². The number of carbonyl (C=O) groups is 2. The molecule has 0 aliphatic heterocycles. The Balaban J connectivity index is 0. The van der Waals surface area contributed by atoms with Gasteiger partial charge in [0.15, 0.2) is 0 Å². The zero-order valence-electron chi connectivity index (χ0n) is 23.5. The minimum atomic E-state index is -1.08. The summed E-state index contributed by atoms with van der Waals surface area (Å²) in [7, 11) is 0. The number of nitrogens with zero attached hydrogens (tertiary/aromatic N) is 2. The fraction of sp³-hybridized carbons (Fsp3) is 0.448. The van der Waals surface area contributed by atoms with Gasteiger partial charge in [-0.05, 0) is 80.3 Å². The summed E-state index contributed by atoms with van der Waals surface area (Å²) in [5, 5.41) is 38.6. The van der Waals surface area contributed by atoms with Crippen molar-refractivity contribution < 1.29 is 46.8 Å². The Morgan fingerprint density at radius 1 is 0.763 bits per heavy atom. The number of carboxylic acid groups (broad SMARTS) is 2. The normalized spacial score (nSPS) is 10.6. The van der Waals surface area contributed by atoms with Gasteiger partial charge >= 0.3 is 16.8 Å². The van der Waals surface area contributed by atoms with E-state index in [-0.39, 0.29) is 28.6 Å². The molecule has 0 spiro atoms. The quantitative estimate of drug-likeness (QED) is 0.367. The minimum Gasteiger partial charge on any atom is -0.550 e. The van der Waals surface area contributed by atoms with Crippen LogP contribution in [0.25, 0.3) is 0 Å². The number of hydrogen-bond donors (Lipinski definition) is 2. The minimum absolute atomic E-state index is 0. The monoisotopic (exact) mass is 571 g/mol. The number of aliphatic imine (C=N–C) groups is 2. The van der Waals surface area contributed by atoms with E-state index < -0.39 is 11.9 Å². The van der Waals surface area contributed by atoms with Gasteiger partial charge < -0.3 is 30.0 Å². The molecule has 0 bridgehead atoms. The van der Waals surface area contributed by atoms with Gasteiger partial charge in [-0.15, -0.1) is 0 Å². The summed E-state index contributed by atoms with van der Waals surface area (Å²) in [5.74, 6) is -0.984. The standard InChI is InChI=1S/C25H34N2O2.2C2H4O2.Co/c1-16(2)22-12-18(5)10-20(24(22)28)14-26-8-7-9-27-15-21-11-19(6)13-23(17(3)4)25(21)29;2*1-2(3)4;/h10-17,28-29H,7-9H2,1-6H3;2*1H3,(H,3,4);/q;;;+2/p-2. The van der Waals surface area contributed by atoms with Gasteiger partial charge in [-0.3, -0.25) is 9.98 Å². The van der Waals surface area contributed by atoms with Crippen LogP contribution in [0.1, 0.15) is 93.2 Å². The Bertz CT molecular complexity index is 1000. The molecule has 0 heterocycles. The van der Waals surface area contributed by atoms with Crippen LogP contribution in [0.4, 0.5) is 0 Å². The summed E-state index contributed by atoms with van der Waals surface area (Å²) < 4.78 is 0. The maximum absolute atomic E-state index is 10.4. The number of benzene rings is 2. The average Bonchev–Trinajstić information content (AvgIpc) is 2.75. The summed E-state index contributed by atoms with van der Waals surface area (Å²) >= 11 is 0. The van der Waals surface area contributed by atoms with E-state index in [4.69, 9.17) is 19.8 Å². The molecule has 9 heteroatoms. The molecule has 0 saturated heterocycles. The van der Waals surface area contributed by atoms with E-state index in [2.05, 4.69) is 37.7 Å². The number of aromatic hydroxyl groups is 2. The molecule has 0 aliphatic carbocycles. The summed E-state index contributed by atoms with van der Waals surface area (Å²) in [6, 6.07) is 7.96. The molecule has 2 aromatic rings. The topological polar surface area (TPSA) is 145 Å². The van der Waals surface area contributed by atoms with Crippen molar-refractivity contribution in [3.8, 4) is 11.5 Å². The first kappa shape index (κ1) is 37.0. The van der Waals surface area contributed by atoms with Crippen LogP contribution in [0.3, 0.4) is 0 Å². The number of phenols is 2. The number of aliphatic carboxylic acids is 2. The van der Waals surface area contributed by atoms with Crippen molar-refractivity contribution >= 4 is 24.4 Å². The van der Waals surface area contributed by atoms with Crippen molar-refractivity contribution in [2.45, 2.75) is 73.6 Å². The van der Waals surface area contributed by atoms with Crippen molar-refractivity contribution in [1.82, 2.24) is 0 Å². The maximum Gasteiger partial charge on any atom is 2.00 e. The van der Waals surface area contributed by atoms with Crippen LogP contribution in [-0.4, -0.2) is 47.7 Å². The molecule has 0 amide bonds. The Labute approximate surface area is 236 Å². The molecule has 38 heavy (non-hydrogen) atoms. The van der Waals surface area contributed by atoms with E-state index in [1.807, 2.05) is 38.1 Å². The number of hydrogen-bond acceptors (Lipinski definition) is 8. The van der Waals surface area contributed by atoms with Crippen molar-refractivity contribution in [3.05, 3.63) is 57.6 Å². The first-order chi connectivity index (χ1) is 17.2. The molecule has 0 unspecified atom stereocenters. The van der Waals surface area contributed by atoms with Gasteiger partial charge in [0.25, 0.3) is 0 Å². The van der Waals surface area contributed by atoms with Crippen molar-refractivity contribution in [1.29, 1.82) is 0 Å². The van der Waals surface area contributed by atoms with Crippen molar-refractivity contribution in [2.75, 3.05) is 13.1 Å². The molecule has 1 radical (unpaired) electrons. The first-order valence-electron chi connectivity index (χ1n) is 12.2. The summed E-state index contributed by atoms with van der Waals surface area (Å²) in [5.41, 5.74) is 5.68. The SMILES string of the molecule is CC(=O)[O-].CC(=O)[O-].Cc1cc(C=NCCCN=Cc2cc(C)cc(C(C)C)c2O)c(O)c(C(C)C)c1.[Co+2]. The zero-order chi connectivity index (χ0) is 28.7. The van der Waals surface area contributed by atoms with Crippen LogP contribution in [0.15, 0.2) is 34.3 Å². The average molecular weight is 572 g/mol. The van der Waals surface area contributed by atoms with E-state index in [9.17, 15) is 10.2 Å². The van der Waals surface area contributed by atoms with Crippen LogP contribution in [0.5, 0.6) is 11.5 Å². The van der Waals surface area contributed by atoms with Gasteiger partial charge in [0.05, 0.1) is 0 Å². The number of carbonyl (C=O) groups excluding carboxylic acids is 2. The first-order valence-corrected chi connectivity index (χ1v) is 12.2. The molecule has 0 atom stereocenters. The summed E-state index contributed by atoms with van der Waals surface area (Å²) in [6.07, 6.45) is 4.30. The Morgan fingerprint density at radius 2 is 1.05 bits per heavy atom. The summed E-state index contributed by atoms with van der Waals surface area (Å²) in [6.45, 7) is 15.6. The number of aryl methyl sites for hydroxylation is 2. The van der Waals surface area contributed by atoms with Gasteiger partial charge in [-0.1, -0.05) is 39.8 Å². The van der Waals surface area contributed by atoms with Crippen LogP contribution in [0.2, 0.25) is 0 Å². The number of carboxylic acids is 2. The molecular formula is C29H40CoN2O6. The predicted molar refractivity (Wildman–Crippen MR) is 145 cm³/mol. The van der Waals surface area contributed by atoms with Gasteiger partial charge in [0, 0.05) is 48.6 Å². The fourth-order valence-electron chi connectivity index (χ4n) is 3.33. The second-order valence-corrected chi connectivity index (χ2v) is 9.30. The molecule has 0 saturated carbocycles. The maximum atomic E-state index is 10.4. The van der Waals surface area contributed by atoms with Crippen LogP contribution in [0, 0.1) is 13.8 Å². The third-order valence-corrected chi connectivity index (χ3v) is 4.91. The van der Waals surface area contributed by atoms with Crippen molar-refractivity contribution in [3.63, 3.8) is 0 Å². The molecule has 2 aromatic carbocycles. The smallest absolute Gasteiger partial charge is 0.550 e. The number of phenolic OH excluding ortho intramolecular Hbond substituents is 2. The van der Waals surface area contributed by atoms with Gasteiger partial charge in [0.1, 0.15) is 11.5 Å². The molecule has 0 aromatic heterocycles.